The molecule has 1 aromatic heterocycles. The standard InChI is InChI=1S/C14H19N3O2S2/c1-8-5-9(2)14(11(4)13(8)15)21(18,19)17-7-12-16-6-10(3)20-12/h5-6,17H,7,15H2,1-4H3. The molecule has 0 radical (unpaired) electrons. The highest BCUT2D eigenvalue weighted by molar-refractivity contribution is 7.89. The van der Waals surface area contributed by atoms with Crippen LogP contribution in [0.4, 0.5) is 5.69 Å². The second-order valence-corrected chi connectivity index (χ2v) is 8.09. The average Bonchev–Trinajstić information content (AvgIpc) is 2.79. The van der Waals surface area contributed by atoms with Crippen molar-refractivity contribution in [1.29, 1.82) is 0 Å². The van der Waals surface area contributed by atoms with Crippen molar-refractivity contribution >= 4 is 27.0 Å². The number of nitrogens with one attached hydrogen (secondary N) is 1. The third-order valence-electron chi connectivity index (χ3n) is 3.31. The predicted molar refractivity (Wildman–Crippen MR) is 85.9 cm³/mol. The molecular weight excluding hydrogens is 306 g/mol. The van der Waals surface area contributed by atoms with Crippen molar-refractivity contribution < 1.29 is 8.42 Å². The largest absolute Gasteiger partial charge is 0.398 e. The zero-order valence-corrected chi connectivity index (χ0v) is 14.2. The number of sulfonamides is 1. The van der Waals surface area contributed by atoms with Crippen LogP contribution in [0.15, 0.2) is 17.2 Å². The summed E-state index contributed by atoms with van der Waals surface area (Å²) in [7, 11) is -3.61. The lowest BCUT2D eigenvalue weighted by atomic mass is 10.1. The van der Waals surface area contributed by atoms with E-state index in [0.29, 0.717) is 16.8 Å². The molecule has 0 aliphatic carbocycles. The molecule has 0 aliphatic rings. The molecular formula is C14H19N3O2S2. The molecule has 114 valence electrons. The molecule has 0 fully saturated rings. The zero-order chi connectivity index (χ0) is 15.8. The van der Waals surface area contributed by atoms with Gasteiger partial charge in [-0.15, -0.1) is 11.3 Å². The van der Waals surface area contributed by atoms with E-state index in [1.165, 1.54) is 11.3 Å². The molecule has 2 rings (SSSR count). The quantitative estimate of drug-likeness (QED) is 0.846. The van der Waals surface area contributed by atoms with Gasteiger partial charge in [0.25, 0.3) is 0 Å². The van der Waals surface area contributed by atoms with Crippen LogP contribution < -0.4 is 10.5 Å². The Morgan fingerprint density at radius 1 is 1.24 bits per heavy atom. The topological polar surface area (TPSA) is 85.1 Å². The van der Waals surface area contributed by atoms with Crippen molar-refractivity contribution in [3.05, 3.63) is 38.8 Å². The minimum Gasteiger partial charge on any atom is -0.398 e. The maximum Gasteiger partial charge on any atom is 0.241 e. The molecule has 0 amide bonds. The van der Waals surface area contributed by atoms with E-state index in [1.807, 2.05) is 13.8 Å². The van der Waals surface area contributed by atoms with Gasteiger partial charge in [0.05, 0.1) is 11.4 Å². The monoisotopic (exact) mass is 325 g/mol. The first-order valence-electron chi connectivity index (χ1n) is 6.49. The molecule has 3 N–H and O–H groups in total. The molecule has 7 heteroatoms. The lowest BCUT2D eigenvalue weighted by Gasteiger charge is -2.15. The molecule has 21 heavy (non-hydrogen) atoms. The molecule has 1 heterocycles. The van der Waals surface area contributed by atoms with Crippen LogP contribution in [0.25, 0.3) is 0 Å². The average molecular weight is 325 g/mol. The van der Waals surface area contributed by atoms with Gasteiger partial charge in [-0.05, 0) is 44.4 Å². The maximum atomic E-state index is 12.5. The van der Waals surface area contributed by atoms with Gasteiger partial charge in [-0.25, -0.2) is 18.1 Å². The van der Waals surface area contributed by atoms with Crippen molar-refractivity contribution in [3.8, 4) is 0 Å². The van der Waals surface area contributed by atoms with Gasteiger partial charge in [0.15, 0.2) is 0 Å². The zero-order valence-electron chi connectivity index (χ0n) is 12.5. The minimum atomic E-state index is -3.61. The fourth-order valence-electron chi connectivity index (χ4n) is 2.31. The van der Waals surface area contributed by atoms with Crippen LogP contribution >= 0.6 is 11.3 Å². The van der Waals surface area contributed by atoms with Crippen molar-refractivity contribution in [3.63, 3.8) is 0 Å². The number of nitrogens with zero attached hydrogens (tertiary/aromatic N) is 1. The van der Waals surface area contributed by atoms with Crippen LogP contribution in [0, 0.1) is 27.7 Å². The third kappa shape index (κ3) is 3.25. The van der Waals surface area contributed by atoms with Crippen molar-refractivity contribution in [2.75, 3.05) is 5.73 Å². The van der Waals surface area contributed by atoms with Crippen molar-refractivity contribution in [1.82, 2.24) is 9.71 Å². The van der Waals surface area contributed by atoms with E-state index in [0.717, 1.165) is 15.4 Å². The summed E-state index contributed by atoms with van der Waals surface area (Å²) in [5.74, 6) is 0. The Hall–Kier alpha value is -1.44. The normalized spacial score (nSPS) is 11.8. The molecule has 2 aromatic rings. The molecule has 0 saturated carbocycles. The number of benzene rings is 1. The number of rotatable bonds is 4. The predicted octanol–water partition coefficient (Wildman–Crippen LogP) is 2.44. The Balaban J connectivity index is 2.34. The highest BCUT2D eigenvalue weighted by atomic mass is 32.2. The van der Waals surface area contributed by atoms with Crippen molar-refractivity contribution in [2.45, 2.75) is 39.1 Å². The Morgan fingerprint density at radius 3 is 2.48 bits per heavy atom. The maximum absolute atomic E-state index is 12.5. The van der Waals surface area contributed by atoms with Gasteiger partial charge >= 0.3 is 0 Å². The summed E-state index contributed by atoms with van der Waals surface area (Å²) in [5, 5.41) is 0.742. The summed E-state index contributed by atoms with van der Waals surface area (Å²) in [6.07, 6.45) is 1.73. The Labute approximate surface area is 129 Å². The van der Waals surface area contributed by atoms with Gasteiger partial charge < -0.3 is 5.73 Å². The Morgan fingerprint density at radius 2 is 1.90 bits per heavy atom. The fraction of sp³-hybridized carbons (Fsp3) is 0.357. The fourth-order valence-corrected chi connectivity index (χ4v) is 4.59. The Bertz CT molecular complexity index is 780. The molecule has 0 bridgehead atoms. The first-order valence-corrected chi connectivity index (χ1v) is 8.79. The van der Waals surface area contributed by atoms with Gasteiger partial charge in [-0.1, -0.05) is 6.07 Å². The number of aromatic nitrogens is 1. The molecule has 0 spiro atoms. The highest BCUT2D eigenvalue weighted by Crippen LogP contribution is 2.28. The summed E-state index contributed by atoms with van der Waals surface area (Å²) in [4.78, 5) is 5.47. The number of nitrogen functional groups attached to an aromatic ring is 1. The van der Waals surface area contributed by atoms with Crippen LogP contribution in [0.2, 0.25) is 0 Å². The molecule has 0 saturated heterocycles. The SMILES string of the molecule is Cc1cnc(CNS(=O)(=O)c2c(C)cc(C)c(N)c2C)s1. The first kappa shape index (κ1) is 15.9. The minimum absolute atomic E-state index is 0.188. The summed E-state index contributed by atoms with van der Waals surface area (Å²) in [6, 6.07) is 1.80. The highest BCUT2D eigenvalue weighted by Gasteiger charge is 2.22. The summed E-state index contributed by atoms with van der Waals surface area (Å²) in [5.41, 5.74) is 8.65. The van der Waals surface area contributed by atoms with E-state index in [4.69, 9.17) is 5.73 Å². The lowest BCUT2D eigenvalue weighted by molar-refractivity contribution is 0.580. The Kier molecular flexibility index (Phi) is 4.36. The van der Waals surface area contributed by atoms with Gasteiger partial charge in [0.1, 0.15) is 5.01 Å². The third-order valence-corrected chi connectivity index (χ3v) is 5.91. The number of aryl methyl sites for hydroxylation is 3. The summed E-state index contributed by atoms with van der Waals surface area (Å²) < 4.78 is 27.7. The smallest absolute Gasteiger partial charge is 0.241 e. The second kappa shape index (κ2) is 5.75. The summed E-state index contributed by atoms with van der Waals surface area (Å²) in [6.45, 7) is 7.51. The number of anilines is 1. The van der Waals surface area contributed by atoms with Crippen molar-refractivity contribution in [2.24, 2.45) is 0 Å². The lowest BCUT2D eigenvalue weighted by Crippen LogP contribution is -2.25. The number of hydrogen-bond donors (Lipinski definition) is 2. The van der Waals surface area contributed by atoms with Crippen LogP contribution in [-0.4, -0.2) is 13.4 Å². The molecule has 5 nitrogen and oxygen atoms in total. The van der Waals surface area contributed by atoms with Crippen LogP contribution in [0.3, 0.4) is 0 Å². The first-order chi connectivity index (χ1) is 9.72. The van der Waals surface area contributed by atoms with Gasteiger partial charge in [0, 0.05) is 16.8 Å². The molecule has 1 aromatic carbocycles. The number of hydrogen-bond acceptors (Lipinski definition) is 5. The van der Waals surface area contributed by atoms with E-state index in [2.05, 4.69) is 9.71 Å². The van der Waals surface area contributed by atoms with E-state index < -0.39 is 10.0 Å². The van der Waals surface area contributed by atoms with Gasteiger partial charge in [0.2, 0.25) is 10.0 Å². The van der Waals surface area contributed by atoms with Gasteiger partial charge in [-0.3, -0.25) is 0 Å². The van der Waals surface area contributed by atoms with E-state index in [1.54, 1.807) is 26.1 Å². The van der Waals surface area contributed by atoms with Crippen LogP contribution in [0.5, 0.6) is 0 Å². The van der Waals surface area contributed by atoms with Gasteiger partial charge in [-0.2, -0.15) is 0 Å². The number of thiazole rings is 1. The van der Waals surface area contributed by atoms with E-state index in [9.17, 15) is 8.42 Å². The molecule has 0 aliphatic heterocycles. The molecule has 0 unspecified atom stereocenters. The second-order valence-electron chi connectivity index (χ2n) is 5.07. The van der Waals surface area contributed by atoms with E-state index in [-0.39, 0.29) is 11.4 Å². The van der Waals surface area contributed by atoms with Crippen LogP contribution in [-0.2, 0) is 16.6 Å². The van der Waals surface area contributed by atoms with E-state index >= 15 is 0 Å². The van der Waals surface area contributed by atoms with Crippen LogP contribution in [0.1, 0.15) is 26.6 Å². The summed E-state index contributed by atoms with van der Waals surface area (Å²) >= 11 is 1.47. The molecule has 0 atom stereocenters. The number of nitrogens with two attached hydrogens (primary N) is 1.